The largest absolute Gasteiger partial charge is 0.381 e. The summed E-state index contributed by atoms with van der Waals surface area (Å²) in [7, 11) is 0. The van der Waals surface area contributed by atoms with E-state index in [2.05, 4.69) is 18.8 Å². The maximum absolute atomic E-state index is 10.5. The van der Waals surface area contributed by atoms with Gasteiger partial charge in [0.25, 0.3) is 0 Å². The van der Waals surface area contributed by atoms with Gasteiger partial charge in [-0.25, -0.2) is 4.98 Å². The summed E-state index contributed by atoms with van der Waals surface area (Å²) in [5, 5.41) is 10.5. The van der Waals surface area contributed by atoms with Gasteiger partial charge in [0.05, 0.1) is 0 Å². The van der Waals surface area contributed by atoms with Gasteiger partial charge >= 0.3 is 0 Å². The Labute approximate surface area is 88.5 Å². The molecule has 2 rings (SSSR count). The molecular formula is C10H16N2OS. The predicted molar refractivity (Wildman–Crippen MR) is 58.3 cm³/mol. The Morgan fingerprint density at radius 3 is 3.14 bits per heavy atom. The Bertz CT molecular complexity index is 326. The van der Waals surface area contributed by atoms with Crippen LogP contribution in [0.1, 0.15) is 19.7 Å². The second-order valence-corrected chi connectivity index (χ2v) is 4.91. The molecule has 1 N–H and O–H groups in total. The lowest BCUT2D eigenvalue weighted by Gasteiger charge is -2.26. The summed E-state index contributed by atoms with van der Waals surface area (Å²) in [6.07, 6.45) is 3.70. The number of imidazole rings is 1. The molecule has 0 aromatic carbocycles. The number of rotatable bonds is 2. The van der Waals surface area contributed by atoms with Crippen molar-refractivity contribution in [3.63, 3.8) is 0 Å². The molecule has 4 heteroatoms. The van der Waals surface area contributed by atoms with Crippen LogP contribution in [0.5, 0.6) is 0 Å². The van der Waals surface area contributed by atoms with E-state index in [1.54, 1.807) is 18.0 Å². The number of hydrogen-bond acceptors (Lipinski definition) is 3. The second-order valence-electron chi connectivity index (χ2n) is 3.88. The summed E-state index contributed by atoms with van der Waals surface area (Å²) >= 11 is 1.80. The summed E-state index contributed by atoms with van der Waals surface area (Å²) in [5.41, 5.74) is -0.718. The molecule has 0 saturated carbocycles. The Morgan fingerprint density at radius 1 is 1.79 bits per heavy atom. The monoisotopic (exact) mass is 212 g/mol. The minimum atomic E-state index is -0.718. The Kier molecular flexibility index (Phi) is 2.58. The van der Waals surface area contributed by atoms with Crippen LogP contribution in [0.4, 0.5) is 0 Å². The molecule has 1 aromatic heterocycles. The lowest BCUT2D eigenvalue weighted by molar-refractivity contribution is 0.0114. The molecule has 1 aliphatic rings. The van der Waals surface area contributed by atoms with E-state index in [1.807, 2.05) is 10.8 Å². The normalized spacial score (nSPS) is 32.4. The Hall–Kier alpha value is -0.480. The lowest BCUT2D eigenvalue weighted by atomic mass is 9.91. The third-order valence-electron chi connectivity index (χ3n) is 2.95. The number of aliphatic hydroxyl groups is 1. The summed E-state index contributed by atoms with van der Waals surface area (Å²) in [6.45, 7) is 5.03. The van der Waals surface area contributed by atoms with Gasteiger partial charge in [-0.3, -0.25) is 0 Å². The van der Waals surface area contributed by atoms with E-state index in [0.29, 0.717) is 5.92 Å². The first-order valence-electron chi connectivity index (χ1n) is 5.00. The molecule has 78 valence electrons. The highest BCUT2D eigenvalue weighted by Crippen LogP contribution is 2.40. The summed E-state index contributed by atoms with van der Waals surface area (Å²) < 4.78 is 2.03. The van der Waals surface area contributed by atoms with Gasteiger partial charge in [-0.05, 0) is 12.7 Å². The van der Waals surface area contributed by atoms with E-state index in [1.165, 1.54) is 0 Å². The van der Waals surface area contributed by atoms with E-state index in [0.717, 1.165) is 23.9 Å². The van der Waals surface area contributed by atoms with E-state index in [-0.39, 0.29) is 0 Å². The number of aromatic nitrogens is 2. The molecule has 14 heavy (non-hydrogen) atoms. The van der Waals surface area contributed by atoms with Crippen molar-refractivity contribution in [2.45, 2.75) is 26.0 Å². The topological polar surface area (TPSA) is 38.0 Å². The highest BCUT2D eigenvalue weighted by molar-refractivity contribution is 7.99. The van der Waals surface area contributed by atoms with Crippen molar-refractivity contribution in [2.24, 2.45) is 5.92 Å². The predicted octanol–water partition coefficient (Wildman–Crippen LogP) is 1.47. The first-order valence-corrected chi connectivity index (χ1v) is 6.15. The van der Waals surface area contributed by atoms with Gasteiger partial charge in [0, 0.05) is 30.6 Å². The summed E-state index contributed by atoms with van der Waals surface area (Å²) in [5.74, 6) is 2.91. The molecule has 1 aromatic rings. The zero-order valence-electron chi connectivity index (χ0n) is 8.60. The highest BCUT2D eigenvalue weighted by atomic mass is 32.2. The molecule has 0 amide bonds. The molecule has 1 aliphatic heterocycles. The van der Waals surface area contributed by atoms with Gasteiger partial charge in [0.1, 0.15) is 11.4 Å². The minimum Gasteiger partial charge on any atom is -0.381 e. The van der Waals surface area contributed by atoms with Crippen LogP contribution in [0.3, 0.4) is 0 Å². The fourth-order valence-corrected chi connectivity index (χ4v) is 3.37. The van der Waals surface area contributed by atoms with Crippen molar-refractivity contribution in [1.82, 2.24) is 9.55 Å². The van der Waals surface area contributed by atoms with Crippen LogP contribution in [-0.4, -0.2) is 26.2 Å². The van der Waals surface area contributed by atoms with Crippen molar-refractivity contribution in [1.29, 1.82) is 0 Å². The smallest absolute Gasteiger partial charge is 0.141 e. The molecular weight excluding hydrogens is 196 g/mol. The lowest BCUT2D eigenvalue weighted by Crippen LogP contribution is -2.35. The number of aryl methyl sites for hydroxylation is 1. The molecule has 0 aliphatic carbocycles. The fraction of sp³-hybridized carbons (Fsp3) is 0.700. The molecule has 1 saturated heterocycles. The van der Waals surface area contributed by atoms with Gasteiger partial charge in [-0.1, -0.05) is 6.92 Å². The van der Waals surface area contributed by atoms with Crippen LogP contribution in [0.2, 0.25) is 0 Å². The average Bonchev–Trinajstić information content (AvgIpc) is 2.75. The molecule has 2 atom stereocenters. The number of nitrogens with zero attached hydrogens (tertiary/aromatic N) is 2. The molecule has 0 spiro atoms. The molecule has 2 heterocycles. The van der Waals surface area contributed by atoms with Crippen molar-refractivity contribution in [3.8, 4) is 0 Å². The van der Waals surface area contributed by atoms with E-state index in [4.69, 9.17) is 0 Å². The number of thioether (sulfide) groups is 1. The quantitative estimate of drug-likeness (QED) is 0.807. The molecule has 3 nitrogen and oxygen atoms in total. The SMILES string of the molecule is CCn1ccnc1C1(O)CSCC1C. The van der Waals surface area contributed by atoms with Crippen LogP contribution in [0.15, 0.2) is 12.4 Å². The number of hydrogen-bond donors (Lipinski definition) is 1. The third kappa shape index (κ3) is 1.37. The second kappa shape index (κ2) is 3.59. The first-order chi connectivity index (χ1) is 6.68. The van der Waals surface area contributed by atoms with Gasteiger partial charge in [0.2, 0.25) is 0 Å². The summed E-state index contributed by atoms with van der Waals surface area (Å²) in [6, 6.07) is 0. The van der Waals surface area contributed by atoms with Crippen molar-refractivity contribution >= 4 is 11.8 Å². The van der Waals surface area contributed by atoms with Gasteiger partial charge in [0.15, 0.2) is 0 Å². The van der Waals surface area contributed by atoms with Gasteiger partial charge < -0.3 is 9.67 Å². The van der Waals surface area contributed by atoms with E-state index >= 15 is 0 Å². The Morgan fingerprint density at radius 2 is 2.57 bits per heavy atom. The van der Waals surface area contributed by atoms with Crippen molar-refractivity contribution < 1.29 is 5.11 Å². The van der Waals surface area contributed by atoms with Crippen LogP contribution in [0, 0.1) is 5.92 Å². The maximum Gasteiger partial charge on any atom is 0.141 e. The van der Waals surface area contributed by atoms with Gasteiger partial charge in [-0.2, -0.15) is 11.8 Å². The van der Waals surface area contributed by atoms with Crippen LogP contribution < -0.4 is 0 Å². The zero-order chi connectivity index (χ0) is 10.2. The first kappa shape index (κ1) is 10.1. The van der Waals surface area contributed by atoms with Crippen molar-refractivity contribution in [2.75, 3.05) is 11.5 Å². The zero-order valence-corrected chi connectivity index (χ0v) is 9.42. The van der Waals surface area contributed by atoms with E-state index < -0.39 is 5.60 Å². The molecule has 0 radical (unpaired) electrons. The van der Waals surface area contributed by atoms with Crippen molar-refractivity contribution in [3.05, 3.63) is 18.2 Å². The molecule has 0 bridgehead atoms. The average molecular weight is 212 g/mol. The molecule has 1 fully saturated rings. The van der Waals surface area contributed by atoms with Crippen LogP contribution in [0.25, 0.3) is 0 Å². The minimum absolute atomic E-state index is 0.292. The van der Waals surface area contributed by atoms with Crippen LogP contribution in [-0.2, 0) is 12.1 Å². The fourth-order valence-electron chi connectivity index (χ4n) is 1.90. The molecule has 2 unspecified atom stereocenters. The van der Waals surface area contributed by atoms with E-state index in [9.17, 15) is 5.11 Å². The maximum atomic E-state index is 10.5. The summed E-state index contributed by atoms with van der Waals surface area (Å²) in [4.78, 5) is 4.29. The third-order valence-corrected chi connectivity index (χ3v) is 4.33. The highest BCUT2D eigenvalue weighted by Gasteiger charge is 2.43. The van der Waals surface area contributed by atoms with Crippen LogP contribution >= 0.6 is 11.8 Å². The Balaban J connectivity index is 2.37. The van der Waals surface area contributed by atoms with Gasteiger partial charge in [-0.15, -0.1) is 0 Å². The standard InChI is InChI=1S/C10H16N2OS/c1-3-12-5-4-11-9(12)10(13)7-14-6-8(10)2/h4-5,8,13H,3,6-7H2,1-2H3.